The lowest BCUT2D eigenvalue weighted by molar-refractivity contribution is -0.123. The molecule has 9 heteroatoms. The first-order chi connectivity index (χ1) is 15.9. The van der Waals surface area contributed by atoms with Crippen molar-refractivity contribution in [3.8, 4) is 11.5 Å². The van der Waals surface area contributed by atoms with Gasteiger partial charge in [0.1, 0.15) is 4.88 Å². The third-order valence-corrected chi connectivity index (χ3v) is 6.90. The number of benzene rings is 2. The monoisotopic (exact) mass is 543 g/mol. The van der Waals surface area contributed by atoms with E-state index in [4.69, 9.17) is 9.47 Å². The van der Waals surface area contributed by atoms with Gasteiger partial charge in [-0.15, -0.1) is 11.3 Å². The number of rotatable bonds is 7. The minimum absolute atomic E-state index is 0.205. The maximum atomic E-state index is 12.9. The van der Waals surface area contributed by atoms with E-state index in [0.717, 1.165) is 21.8 Å². The summed E-state index contributed by atoms with van der Waals surface area (Å²) in [5.74, 6) is -0.146. The van der Waals surface area contributed by atoms with Crippen LogP contribution < -0.4 is 9.47 Å². The highest BCUT2D eigenvalue weighted by Crippen LogP contribution is 2.35. The summed E-state index contributed by atoms with van der Waals surface area (Å²) in [6, 6.07) is 15.9. The molecule has 6 nitrogen and oxygen atoms in total. The lowest BCUT2D eigenvalue weighted by Gasteiger charge is -2.12. The second kappa shape index (κ2) is 10.4. The second-order valence-corrected chi connectivity index (χ2v) is 9.76. The third-order valence-electron chi connectivity index (χ3n) is 4.62. The molecule has 0 spiro atoms. The Balaban J connectivity index is 1.53. The molecular formula is C24H18BrNO5S2. The van der Waals surface area contributed by atoms with Gasteiger partial charge in [-0.05, 0) is 71.6 Å². The van der Waals surface area contributed by atoms with Crippen molar-refractivity contribution in [3.63, 3.8) is 0 Å². The molecule has 4 rings (SSSR count). The molecule has 0 unspecified atom stereocenters. The van der Waals surface area contributed by atoms with Gasteiger partial charge in [0.05, 0.1) is 18.1 Å². The number of esters is 1. The van der Waals surface area contributed by atoms with E-state index < -0.39 is 5.97 Å². The maximum absolute atomic E-state index is 12.9. The van der Waals surface area contributed by atoms with Crippen LogP contribution in [0, 0.1) is 0 Å². The highest BCUT2D eigenvalue weighted by atomic mass is 79.9. The number of carbonyl (C=O) groups excluding carboxylic acids is 3. The summed E-state index contributed by atoms with van der Waals surface area (Å²) in [7, 11) is 0. The van der Waals surface area contributed by atoms with Crippen molar-refractivity contribution in [1.82, 2.24) is 4.90 Å². The average molecular weight is 544 g/mol. The van der Waals surface area contributed by atoms with E-state index in [2.05, 4.69) is 15.9 Å². The Morgan fingerprint density at radius 1 is 1.09 bits per heavy atom. The molecule has 1 saturated heterocycles. The number of hydrogen-bond donors (Lipinski definition) is 0. The van der Waals surface area contributed by atoms with Gasteiger partial charge in [-0.2, -0.15) is 0 Å². The number of imide groups is 1. The van der Waals surface area contributed by atoms with Gasteiger partial charge in [0, 0.05) is 4.47 Å². The topological polar surface area (TPSA) is 72.9 Å². The highest BCUT2D eigenvalue weighted by molar-refractivity contribution is 9.10. The predicted molar refractivity (Wildman–Crippen MR) is 133 cm³/mol. The molecule has 1 aromatic heterocycles. The fraction of sp³-hybridized carbons (Fsp3) is 0.125. The molecule has 3 aromatic rings. The quantitative estimate of drug-likeness (QED) is 0.196. The second-order valence-electron chi connectivity index (χ2n) is 6.90. The van der Waals surface area contributed by atoms with Crippen LogP contribution in [0.4, 0.5) is 4.79 Å². The van der Waals surface area contributed by atoms with Gasteiger partial charge in [-0.3, -0.25) is 14.5 Å². The Kier molecular flexibility index (Phi) is 7.32. The molecule has 2 aromatic carbocycles. The van der Waals surface area contributed by atoms with Crippen LogP contribution in [0.5, 0.6) is 11.5 Å². The number of amides is 2. The predicted octanol–water partition coefficient (Wildman–Crippen LogP) is 6.37. The van der Waals surface area contributed by atoms with Crippen molar-refractivity contribution >= 4 is 62.2 Å². The molecule has 0 bridgehead atoms. The SMILES string of the molecule is CCOc1cc(/C=C2\SC(=O)N(Cc3ccc(Br)cc3)C2=O)ccc1OC(=O)c1cccs1. The Bertz CT molecular complexity index is 1220. The third kappa shape index (κ3) is 5.55. The molecule has 0 radical (unpaired) electrons. The molecule has 1 aliphatic heterocycles. The van der Waals surface area contributed by atoms with Crippen LogP contribution in [0.3, 0.4) is 0 Å². The smallest absolute Gasteiger partial charge is 0.353 e. The average Bonchev–Trinajstić information content (AvgIpc) is 3.42. The zero-order valence-electron chi connectivity index (χ0n) is 17.4. The minimum atomic E-state index is -0.465. The number of ether oxygens (including phenoxy) is 2. The van der Waals surface area contributed by atoms with E-state index in [1.54, 1.807) is 41.8 Å². The Morgan fingerprint density at radius 2 is 1.88 bits per heavy atom. The Morgan fingerprint density at radius 3 is 2.58 bits per heavy atom. The van der Waals surface area contributed by atoms with E-state index in [-0.39, 0.29) is 23.4 Å². The number of nitrogens with zero attached hydrogens (tertiary/aromatic N) is 1. The van der Waals surface area contributed by atoms with Crippen LogP contribution in [-0.2, 0) is 11.3 Å². The van der Waals surface area contributed by atoms with Gasteiger partial charge in [0.25, 0.3) is 11.1 Å². The van der Waals surface area contributed by atoms with Crippen LogP contribution in [0.1, 0.15) is 27.7 Å². The zero-order valence-corrected chi connectivity index (χ0v) is 20.7. The van der Waals surface area contributed by atoms with Crippen LogP contribution in [0.2, 0.25) is 0 Å². The summed E-state index contributed by atoms with van der Waals surface area (Å²) < 4.78 is 12.1. The van der Waals surface area contributed by atoms with Gasteiger partial charge in [-0.1, -0.05) is 40.2 Å². The van der Waals surface area contributed by atoms with Gasteiger partial charge in [0.15, 0.2) is 11.5 Å². The van der Waals surface area contributed by atoms with Gasteiger partial charge < -0.3 is 9.47 Å². The molecule has 2 heterocycles. The Hall–Kier alpha value is -2.88. The van der Waals surface area contributed by atoms with E-state index >= 15 is 0 Å². The number of thioether (sulfide) groups is 1. The van der Waals surface area contributed by atoms with Gasteiger partial charge >= 0.3 is 5.97 Å². The van der Waals surface area contributed by atoms with Crippen LogP contribution >= 0.6 is 39.0 Å². The molecule has 33 heavy (non-hydrogen) atoms. The van der Waals surface area contributed by atoms with Crippen molar-refractivity contribution < 1.29 is 23.9 Å². The summed E-state index contributed by atoms with van der Waals surface area (Å²) in [5, 5.41) is 1.48. The van der Waals surface area contributed by atoms with Crippen molar-refractivity contribution in [1.29, 1.82) is 0 Å². The Labute approximate surface area is 207 Å². The summed E-state index contributed by atoms with van der Waals surface area (Å²) >= 11 is 5.56. The minimum Gasteiger partial charge on any atom is -0.490 e. The van der Waals surface area contributed by atoms with Crippen molar-refractivity contribution in [2.45, 2.75) is 13.5 Å². The molecule has 1 fully saturated rings. The van der Waals surface area contributed by atoms with Gasteiger partial charge in [-0.25, -0.2) is 4.79 Å². The normalized spacial score (nSPS) is 14.7. The maximum Gasteiger partial charge on any atom is 0.353 e. The van der Waals surface area contributed by atoms with Gasteiger partial charge in [0.2, 0.25) is 0 Å². The molecule has 1 aliphatic rings. The van der Waals surface area contributed by atoms with E-state index in [1.165, 1.54) is 16.2 Å². The molecule has 0 N–H and O–H groups in total. The van der Waals surface area contributed by atoms with Crippen LogP contribution in [-0.4, -0.2) is 28.6 Å². The van der Waals surface area contributed by atoms with E-state index in [1.807, 2.05) is 31.2 Å². The van der Waals surface area contributed by atoms with E-state index in [9.17, 15) is 14.4 Å². The fourth-order valence-electron chi connectivity index (χ4n) is 3.07. The fourth-order valence-corrected chi connectivity index (χ4v) is 4.77. The van der Waals surface area contributed by atoms with Crippen molar-refractivity contribution in [2.75, 3.05) is 6.61 Å². The summed E-state index contributed by atoms with van der Waals surface area (Å²) in [4.78, 5) is 39.6. The molecule has 0 aliphatic carbocycles. The standard InChI is InChI=1S/C24H18BrNO5S2/c1-2-30-19-12-16(7-10-18(19)31-23(28)20-4-3-11-32-20)13-21-22(27)26(24(29)33-21)14-15-5-8-17(25)9-6-15/h3-13H,2,14H2,1H3/b21-13-. The summed E-state index contributed by atoms with van der Waals surface area (Å²) in [6.45, 7) is 2.40. The van der Waals surface area contributed by atoms with Crippen LogP contribution in [0.25, 0.3) is 6.08 Å². The first kappa shape index (κ1) is 23.3. The zero-order chi connectivity index (χ0) is 23.4. The molecule has 0 atom stereocenters. The first-order valence-corrected chi connectivity index (χ1v) is 12.5. The molecule has 0 saturated carbocycles. The molecule has 2 amide bonds. The number of thiophene rings is 1. The van der Waals surface area contributed by atoms with Crippen molar-refractivity contribution in [3.05, 3.63) is 85.4 Å². The molecule has 168 valence electrons. The lowest BCUT2D eigenvalue weighted by atomic mass is 10.1. The van der Waals surface area contributed by atoms with E-state index in [0.29, 0.717) is 27.7 Å². The number of hydrogen-bond acceptors (Lipinski definition) is 7. The van der Waals surface area contributed by atoms with Crippen LogP contribution in [0.15, 0.2) is 69.4 Å². The largest absolute Gasteiger partial charge is 0.490 e. The first-order valence-electron chi connectivity index (χ1n) is 9.97. The summed E-state index contributed by atoms with van der Waals surface area (Å²) in [5.41, 5.74) is 1.51. The van der Waals surface area contributed by atoms with Crippen molar-refractivity contribution in [2.24, 2.45) is 0 Å². The number of halogens is 1. The summed E-state index contributed by atoms with van der Waals surface area (Å²) in [6.07, 6.45) is 1.64. The number of carbonyl (C=O) groups is 3. The lowest BCUT2D eigenvalue weighted by Crippen LogP contribution is -2.27. The highest BCUT2D eigenvalue weighted by Gasteiger charge is 2.35. The molecular weight excluding hydrogens is 526 g/mol.